The van der Waals surface area contributed by atoms with E-state index in [-0.39, 0.29) is 15.7 Å². The molecule has 0 saturated heterocycles. The highest BCUT2D eigenvalue weighted by Crippen LogP contribution is 2.36. The van der Waals surface area contributed by atoms with Crippen molar-refractivity contribution < 1.29 is 9.31 Å². The second-order valence-corrected chi connectivity index (χ2v) is 4.23. The number of hydrogen-bond donors (Lipinski definition) is 1. The first-order valence-corrected chi connectivity index (χ1v) is 5.58. The zero-order valence-corrected chi connectivity index (χ0v) is 9.72. The number of hydrogen-bond acceptors (Lipinski definition) is 6. The number of nitro groups is 1. The van der Waals surface area contributed by atoms with E-state index >= 15 is 0 Å². The summed E-state index contributed by atoms with van der Waals surface area (Å²) < 4.78 is 13.4. The minimum absolute atomic E-state index is 0.0117. The molecule has 0 bridgehead atoms. The van der Waals surface area contributed by atoms with Crippen molar-refractivity contribution in [1.82, 2.24) is 9.97 Å². The van der Waals surface area contributed by atoms with Crippen LogP contribution >= 0.6 is 11.8 Å². The lowest BCUT2D eigenvalue weighted by Crippen LogP contribution is -2.01. The average Bonchev–Trinajstić information content (AvgIpc) is 2.31. The predicted molar refractivity (Wildman–Crippen MR) is 63.6 cm³/mol. The molecular formula is C10H7FN4O2S. The minimum Gasteiger partial charge on any atom is -0.378 e. The molecule has 1 aromatic carbocycles. The molecule has 0 atom stereocenters. The van der Waals surface area contributed by atoms with Gasteiger partial charge >= 0.3 is 5.69 Å². The summed E-state index contributed by atoms with van der Waals surface area (Å²) >= 11 is 0.836. The second-order valence-electron chi connectivity index (χ2n) is 3.20. The smallest absolute Gasteiger partial charge is 0.343 e. The van der Waals surface area contributed by atoms with Crippen molar-refractivity contribution in [3.8, 4) is 0 Å². The summed E-state index contributed by atoms with van der Waals surface area (Å²) in [6, 6.07) is 5.92. The van der Waals surface area contributed by atoms with E-state index in [2.05, 4.69) is 9.97 Å². The van der Waals surface area contributed by atoms with Crippen LogP contribution in [0.25, 0.3) is 0 Å². The fourth-order valence-electron chi connectivity index (χ4n) is 1.25. The Morgan fingerprint density at radius 2 is 2.06 bits per heavy atom. The molecule has 0 amide bonds. The van der Waals surface area contributed by atoms with Gasteiger partial charge in [0.1, 0.15) is 12.1 Å². The number of anilines is 1. The zero-order valence-electron chi connectivity index (χ0n) is 8.91. The van der Waals surface area contributed by atoms with Crippen molar-refractivity contribution in [2.45, 2.75) is 9.92 Å². The molecule has 18 heavy (non-hydrogen) atoms. The van der Waals surface area contributed by atoms with Crippen LogP contribution in [-0.4, -0.2) is 14.9 Å². The maximum Gasteiger partial charge on any atom is 0.343 e. The van der Waals surface area contributed by atoms with Gasteiger partial charge in [0.2, 0.25) is 5.82 Å². The first kappa shape index (κ1) is 12.2. The van der Waals surface area contributed by atoms with Gasteiger partial charge in [-0.25, -0.2) is 14.4 Å². The average molecular weight is 266 g/mol. The van der Waals surface area contributed by atoms with E-state index in [1.165, 1.54) is 18.2 Å². The van der Waals surface area contributed by atoms with Crippen LogP contribution in [0.1, 0.15) is 0 Å². The third-order valence-electron chi connectivity index (χ3n) is 2.04. The second kappa shape index (κ2) is 4.96. The maximum absolute atomic E-state index is 13.4. The molecule has 0 aliphatic carbocycles. The summed E-state index contributed by atoms with van der Waals surface area (Å²) in [5, 5.41) is 10.9. The van der Waals surface area contributed by atoms with Gasteiger partial charge in [0.15, 0.2) is 5.03 Å². The number of aromatic nitrogens is 2. The van der Waals surface area contributed by atoms with E-state index in [0.717, 1.165) is 18.1 Å². The fraction of sp³-hybridized carbons (Fsp3) is 0. The quantitative estimate of drug-likeness (QED) is 0.520. The van der Waals surface area contributed by atoms with Crippen molar-refractivity contribution in [2.24, 2.45) is 0 Å². The third-order valence-corrected chi connectivity index (χ3v) is 3.09. The van der Waals surface area contributed by atoms with Crippen LogP contribution in [0.2, 0.25) is 0 Å². The summed E-state index contributed by atoms with van der Waals surface area (Å²) in [5.74, 6) is -0.720. The van der Waals surface area contributed by atoms with E-state index in [9.17, 15) is 14.5 Å². The van der Waals surface area contributed by atoms with Gasteiger partial charge in [-0.15, -0.1) is 0 Å². The molecule has 2 aromatic rings. The van der Waals surface area contributed by atoms with Crippen LogP contribution in [0.15, 0.2) is 40.5 Å². The van der Waals surface area contributed by atoms with E-state index in [0.29, 0.717) is 0 Å². The number of nitrogen functional groups attached to an aromatic ring is 1. The van der Waals surface area contributed by atoms with Crippen LogP contribution in [0.4, 0.5) is 15.9 Å². The molecule has 8 heteroatoms. The van der Waals surface area contributed by atoms with Crippen molar-refractivity contribution in [2.75, 3.05) is 5.73 Å². The normalized spacial score (nSPS) is 10.3. The van der Waals surface area contributed by atoms with Gasteiger partial charge in [-0.3, -0.25) is 10.1 Å². The summed E-state index contributed by atoms with van der Waals surface area (Å²) in [6.07, 6.45) is 1.10. The van der Waals surface area contributed by atoms with Crippen LogP contribution in [0.3, 0.4) is 0 Å². The molecule has 0 unspecified atom stereocenters. The van der Waals surface area contributed by atoms with E-state index in [1.54, 1.807) is 6.07 Å². The van der Waals surface area contributed by atoms with Gasteiger partial charge in [-0.2, -0.15) is 0 Å². The van der Waals surface area contributed by atoms with Crippen LogP contribution in [0, 0.1) is 15.9 Å². The predicted octanol–water partition coefficient (Wildman–Crippen LogP) is 2.26. The van der Waals surface area contributed by atoms with Gasteiger partial charge in [-0.05, 0) is 12.1 Å². The molecule has 0 aliphatic heterocycles. The molecule has 1 aromatic heterocycles. The van der Waals surface area contributed by atoms with Crippen LogP contribution in [0.5, 0.6) is 0 Å². The Morgan fingerprint density at radius 3 is 2.72 bits per heavy atom. The van der Waals surface area contributed by atoms with E-state index < -0.39 is 16.4 Å². The fourth-order valence-corrected chi connectivity index (χ4v) is 2.15. The SMILES string of the molecule is Nc1ncnc(Sc2ccccc2F)c1[N+](=O)[O-]. The zero-order chi connectivity index (χ0) is 13.1. The standard InChI is InChI=1S/C10H7FN4O2S/c11-6-3-1-2-4-7(6)18-10-8(15(16)17)9(12)13-5-14-10/h1-5H,(H2,12,13,14). The molecule has 6 nitrogen and oxygen atoms in total. The minimum atomic E-state index is -0.682. The Balaban J connectivity index is 2.44. The van der Waals surface area contributed by atoms with Gasteiger partial charge in [0.25, 0.3) is 0 Å². The third kappa shape index (κ3) is 2.38. The van der Waals surface area contributed by atoms with Gasteiger partial charge < -0.3 is 5.73 Å². The van der Waals surface area contributed by atoms with Gasteiger partial charge in [0, 0.05) is 4.90 Å². The molecule has 2 rings (SSSR count). The summed E-state index contributed by atoms with van der Waals surface area (Å²) in [6.45, 7) is 0. The van der Waals surface area contributed by atoms with Crippen molar-refractivity contribution in [3.05, 3.63) is 46.5 Å². The van der Waals surface area contributed by atoms with Gasteiger partial charge in [0.05, 0.1) is 4.92 Å². The lowest BCUT2D eigenvalue weighted by Gasteiger charge is -2.03. The number of halogens is 1. The van der Waals surface area contributed by atoms with E-state index in [4.69, 9.17) is 5.73 Å². The summed E-state index contributed by atoms with van der Waals surface area (Å²) in [7, 11) is 0. The highest BCUT2D eigenvalue weighted by atomic mass is 32.2. The van der Waals surface area contributed by atoms with E-state index in [1.807, 2.05) is 0 Å². The Kier molecular flexibility index (Phi) is 3.38. The number of nitrogens with two attached hydrogens (primary N) is 1. The Bertz CT molecular complexity index is 608. The molecule has 2 N–H and O–H groups in total. The molecule has 0 radical (unpaired) electrons. The first-order chi connectivity index (χ1) is 8.59. The molecule has 0 aliphatic rings. The van der Waals surface area contributed by atoms with Crippen molar-refractivity contribution >= 4 is 23.3 Å². The van der Waals surface area contributed by atoms with Crippen LogP contribution < -0.4 is 5.73 Å². The van der Waals surface area contributed by atoms with Crippen LogP contribution in [-0.2, 0) is 0 Å². The number of nitrogens with zero attached hydrogens (tertiary/aromatic N) is 3. The molecule has 0 spiro atoms. The molecular weight excluding hydrogens is 259 g/mol. The Labute approximate surface area is 105 Å². The van der Waals surface area contributed by atoms with Gasteiger partial charge in [-0.1, -0.05) is 23.9 Å². The molecule has 0 saturated carbocycles. The van der Waals surface area contributed by atoms with Crippen molar-refractivity contribution in [1.29, 1.82) is 0 Å². The summed E-state index contributed by atoms with van der Waals surface area (Å²) in [4.78, 5) is 17.7. The molecule has 0 fully saturated rings. The molecule has 92 valence electrons. The summed E-state index contributed by atoms with van der Waals surface area (Å²) in [5.41, 5.74) is 5.00. The lowest BCUT2D eigenvalue weighted by atomic mass is 10.3. The highest BCUT2D eigenvalue weighted by Gasteiger charge is 2.22. The van der Waals surface area contributed by atoms with Crippen molar-refractivity contribution in [3.63, 3.8) is 0 Å². The monoisotopic (exact) mass is 266 g/mol. The highest BCUT2D eigenvalue weighted by molar-refractivity contribution is 7.99. The maximum atomic E-state index is 13.4. The first-order valence-electron chi connectivity index (χ1n) is 4.77. The topological polar surface area (TPSA) is 94.9 Å². The number of rotatable bonds is 3. The lowest BCUT2D eigenvalue weighted by molar-refractivity contribution is -0.387. The largest absolute Gasteiger partial charge is 0.378 e. The molecule has 1 heterocycles. The number of benzene rings is 1. The Morgan fingerprint density at radius 1 is 1.33 bits per heavy atom. The Hall–Kier alpha value is -2.22.